The van der Waals surface area contributed by atoms with Crippen LogP contribution in [0.15, 0.2) is 42.5 Å². The molecule has 2 unspecified atom stereocenters. The molecule has 2 aliphatic rings. The van der Waals surface area contributed by atoms with Gasteiger partial charge in [-0.15, -0.1) is 0 Å². The molecule has 3 aromatic rings. The molecule has 1 fully saturated rings. The topological polar surface area (TPSA) is 65.6 Å². The minimum Gasteiger partial charge on any atom is -0.495 e. The minimum atomic E-state index is -0.529. The van der Waals surface area contributed by atoms with Crippen LogP contribution in [0.4, 0.5) is 0 Å². The number of aromatic amines is 1. The second kappa shape index (κ2) is 6.52. The third-order valence-corrected chi connectivity index (χ3v) is 6.24. The molecule has 6 nitrogen and oxygen atoms in total. The van der Waals surface area contributed by atoms with Gasteiger partial charge in [-0.2, -0.15) is 0 Å². The monoisotopic (exact) mass is 409 g/mol. The van der Waals surface area contributed by atoms with Gasteiger partial charge in [0.15, 0.2) is 0 Å². The molecule has 5 rings (SSSR count). The van der Waals surface area contributed by atoms with Gasteiger partial charge in [-0.1, -0.05) is 35.9 Å². The second-order valence-electron chi connectivity index (χ2n) is 7.57. The Morgan fingerprint density at radius 3 is 2.72 bits per heavy atom. The first-order valence-electron chi connectivity index (χ1n) is 9.48. The fourth-order valence-corrected chi connectivity index (χ4v) is 4.87. The molecule has 148 valence electrons. The predicted molar refractivity (Wildman–Crippen MR) is 110 cm³/mol. The Morgan fingerprint density at radius 2 is 1.97 bits per heavy atom. The number of fused-ring (bicyclic) bond motifs is 4. The molecule has 2 amide bonds. The van der Waals surface area contributed by atoms with Gasteiger partial charge in [-0.3, -0.25) is 9.59 Å². The van der Waals surface area contributed by atoms with Crippen molar-refractivity contribution in [2.75, 3.05) is 20.7 Å². The summed E-state index contributed by atoms with van der Waals surface area (Å²) in [5.41, 5.74) is 3.86. The number of ether oxygens (including phenoxy) is 1. The first-order chi connectivity index (χ1) is 14.0. The maximum absolute atomic E-state index is 13.1. The Morgan fingerprint density at radius 1 is 1.17 bits per heavy atom. The van der Waals surface area contributed by atoms with E-state index >= 15 is 0 Å². The molecule has 0 radical (unpaired) electrons. The van der Waals surface area contributed by atoms with Gasteiger partial charge in [0.05, 0.1) is 24.7 Å². The van der Waals surface area contributed by atoms with E-state index in [0.717, 1.165) is 27.7 Å². The summed E-state index contributed by atoms with van der Waals surface area (Å²) < 4.78 is 5.28. The quantitative estimate of drug-likeness (QED) is 0.707. The molecule has 0 aliphatic carbocycles. The van der Waals surface area contributed by atoms with Crippen LogP contribution in [0.25, 0.3) is 10.9 Å². The Hall–Kier alpha value is -2.99. The molecular weight excluding hydrogens is 390 g/mol. The molecule has 2 atom stereocenters. The number of para-hydroxylation sites is 1. The highest BCUT2D eigenvalue weighted by atomic mass is 35.5. The Bertz CT molecular complexity index is 1160. The van der Waals surface area contributed by atoms with E-state index in [0.29, 0.717) is 17.2 Å². The highest BCUT2D eigenvalue weighted by Gasteiger charge is 2.47. The van der Waals surface area contributed by atoms with Crippen LogP contribution >= 0.6 is 11.6 Å². The Labute approximate surface area is 173 Å². The van der Waals surface area contributed by atoms with Crippen molar-refractivity contribution in [1.82, 2.24) is 14.8 Å². The van der Waals surface area contributed by atoms with E-state index < -0.39 is 12.1 Å². The molecule has 1 saturated heterocycles. The molecular formula is C22H20ClN3O3. The Kier molecular flexibility index (Phi) is 4.06. The lowest BCUT2D eigenvalue weighted by molar-refractivity contribution is -0.157. The summed E-state index contributed by atoms with van der Waals surface area (Å²) in [6.07, 6.45) is 0.495. The molecule has 0 spiro atoms. The van der Waals surface area contributed by atoms with Gasteiger partial charge in [0.2, 0.25) is 11.8 Å². The lowest BCUT2D eigenvalue weighted by atomic mass is 9.86. The van der Waals surface area contributed by atoms with Crippen molar-refractivity contribution < 1.29 is 14.3 Å². The number of carbonyl (C=O) groups is 2. The standard InChI is InChI=1S/C22H20ClN3O3/c1-25-11-19(27)26-17(22(25)28)10-14-13-5-3-4-6-16(13)24-20(14)21(26)12-7-8-18(29-2)15(23)9-12/h3-9,17,21,24H,10-11H2,1-2H3. The number of hydrogen-bond acceptors (Lipinski definition) is 3. The summed E-state index contributed by atoms with van der Waals surface area (Å²) in [4.78, 5) is 32.8. The lowest BCUT2D eigenvalue weighted by Crippen LogP contribution is -2.62. The maximum atomic E-state index is 13.1. The van der Waals surface area contributed by atoms with Crippen molar-refractivity contribution in [2.45, 2.75) is 18.5 Å². The van der Waals surface area contributed by atoms with Gasteiger partial charge < -0.3 is 19.5 Å². The van der Waals surface area contributed by atoms with E-state index in [2.05, 4.69) is 11.1 Å². The zero-order valence-corrected chi connectivity index (χ0v) is 16.9. The predicted octanol–water partition coefficient (Wildman–Crippen LogP) is 3.14. The number of amides is 2. The van der Waals surface area contributed by atoms with E-state index in [1.54, 1.807) is 25.1 Å². The van der Waals surface area contributed by atoms with Crippen molar-refractivity contribution in [3.63, 3.8) is 0 Å². The van der Waals surface area contributed by atoms with E-state index in [4.69, 9.17) is 16.3 Å². The zero-order chi connectivity index (χ0) is 20.3. The first-order valence-corrected chi connectivity index (χ1v) is 9.86. The summed E-state index contributed by atoms with van der Waals surface area (Å²) in [5, 5.41) is 1.55. The van der Waals surface area contributed by atoms with Crippen LogP contribution in [-0.2, 0) is 16.0 Å². The van der Waals surface area contributed by atoms with Crippen LogP contribution in [-0.4, -0.2) is 53.3 Å². The number of nitrogens with one attached hydrogen (secondary N) is 1. The molecule has 1 N–H and O–H groups in total. The normalized spacial score (nSPS) is 21.3. The Balaban J connectivity index is 1.75. The number of methoxy groups -OCH3 is 1. The van der Waals surface area contributed by atoms with E-state index in [1.165, 1.54) is 4.90 Å². The summed E-state index contributed by atoms with van der Waals surface area (Å²) in [5.74, 6) is 0.462. The largest absolute Gasteiger partial charge is 0.495 e. The fraction of sp³-hybridized carbons (Fsp3) is 0.273. The van der Waals surface area contributed by atoms with Gasteiger partial charge in [0.25, 0.3) is 0 Å². The number of carbonyl (C=O) groups excluding carboxylic acids is 2. The molecule has 7 heteroatoms. The summed E-state index contributed by atoms with van der Waals surface area (Å²) in [6, 6.07) is 12.6. The van der Waals surface area contributed by atoms with Crippen LogP contribution < -0.4 is 4.74 Å². The smallest absolute Gasteiger partial charge is 0.245 e. The van der Waals surface area contributed by atoms with Crippen molar-refractivity contribution in [3.8, 4) is 5.75 Å². The van der Waals surface area contributed by atoms with Crippen LogP contribution in [0.3, 0.4) is 0 Å². The van der Waals surface area contributed by atoms with Gasteiger partial charge >= 0.3 is 0 Å². The van der Waals surface area contributed by atoms with E-state index in [-0.39, 0.29) is 18.4 Å². The average Bonchev–Trinajstić information content (AvgIpc) is 3.09. The van der Waals surface area contributed by atoms with Crippen molar-refractivity contribution >= 4 is 34.3 Å². The molecule has 0 saturated carbocycles. The highest BCUT2D eigenvalue weighted by molar-refractivity contribution is 6.32. The van der Waals surface area contributed by atoms with E-state index in [9.17, 15) is 9.59 Å². The number of H-pyrrole nitrogens is 1. The number of hydrogen-bond donors (Lipinski definition) is 1. The van der Waals surface area contributed by atoms with Crippen molar-refractivity contribution in [1.29, 1.82) is 0 Å². The molecule has 29 heavy (non-hydrogen) atoms. The van der Waals surface area contributed by atoms with Crippen LogP contribution in [0.2, 0.25) is 5.02 Å². The highest BCUT2D eigenvalue weighted by Crippen LogP contribution is 2.43. The average molecular weight is 410 g/mol. The van der Waals surface area contributed by atoms with Gasteiger partial charge in [0, 0.05) is 30.1 Å². The third kappa shape index (κ3) is 2.63. The van der Waals surface area contributed by atoms with Gasteiger partial charge in [-0.25, -0.2) is 0 Å². The summed E-state index contributed by atoms with van der Waals surface area (Å²) in [7, 11) is 3.25. The number of halogens is 1. The number of likely N-dealkylation sites (N-methyl/N-ethyl adjacent to an activating group) is 1. The minimum absolute atomic E-state index is 0.0369. The molecule has 2 aliphatic heterocycles. The van der Waals surface area contributed by atoms with Crippen LogP contribution in [0.1, 0.15) is 22.9 Å². The first kappa shape index (κ1) is 18.1. The zero-order valence-electron chi connectivity index (χ0n) is 16.1. The number of rotatable bonds is 2. The number of aromatic nitrogens is 1. The molecule has 3 heterocycles. The molecule has 1 aromatic heterocycles. The summed E-state index contributed by atoms with van der Waals surface area (Å²) in [6.45, 7) is 0.0747. The molecule has 2 aromatic carbocycles. The van der Waals surface area contributed by atoms with Gasteiger partial charge in [-0.05, 0) is 29.3 Å². The lowest BCUT2D eigenvalue weighted by Gasteiger charge is -2.46. The SMILES string of the molecule is COc1ccc(C2c3[nH]c4ccccc4c3CC3C(=O)N(C)CC(=O)N32)cc1Cl. The van der Waals surface area contributed by atoms with Gasteiger partial charge in [0.1, 0.15) is 11.8 Å². The number of piperazine rings is 1. The fourth-order valence-electron chi connectivity index (χ4n) is 4.61. The van der Waals surface area contributed by atoms with E-state index in [1.807, 2.05) is 30.3 Å². The summed E-state index contributed by atoms with van der Waals surface area (Å²) >= 11 is 6.40. The molecule has 0 bridgehead atoms. The maximum Gasteiger partial charge on any atom is 0.245 e. The van der Waals surface area contributed by atoms with Crippen molar-refractivity contribution in [3.05, 3.63) is 64.3 Å². The third-order valence-electron chi connectivity index (χ3n) is 5.94. The second-order valence-corrected chi connectivity index (χ2v) is 7.98. The number of nitrogens with zero attached hydrogens (tertiary/aromatic N) is 2. The van der Waals surface area contributed by atoms with Crippen LogP contribution in [0.5, 0.6) is 5.75 Å². The number of benzene rings is 2. The van der Waals surface area contributed by atoms with Crippen molar-refractivity contribution in [2.24, 2.45) is 0 Å². The van der Waals surface area contributed by atoms with Crippen LogP contribution in [0, 0.1) is 0 Å².